The topological polar surface area (TPSA) is 64.9 Å². The van der Waals surface area contributed by atoms with Gasteiger partial charge in [-0.3, -0.25) is 0 Å². The third kappa shape index (κ3) is 3.24. The molecule has 1 aromatic heterocycles. The standard InChI is InChI=1S/C9H19N5O/c1-5-8(15-4)7(10-2)6-9-11-13-14(3)12-9/h7-8,10H,5-6H2,1-4H3. The number of likely N-dealkylation sites (N-methyl/N-ethyl adjacent to an activating group) is 1. The van der Waals surface area contributed by atoms with E-state index in [1.165, 1.54) is 4.80 Å². The van der Waals surface area contributed by atoms with E-state index < -0.39 is 0 Å². The zero-order valence-electron chi connectivity index (χ0n) is 9.77. The average Bonchev–Trinajstić information content (AvgIpc) is 2.64. The Kier molecular flexibility index (Phi) is 4.64. The summed E-state index contributed by atoms with van der Waals surface area (Å²) in [6.07, 6.45) is 1.87. The Morgan fingerprint density at radius 2 is 2.27 bits per heavy atom. The van der Waals surface area contributed by atoms with Crippen molar-refractivity contribution in [3.63, 3.8) is 0 Å². The molecule has 0 aromatic carbocycles. The minimum atomic E-state index is 0.179. The van der Waals surface area contributed by atoms with Gasteiger partial charge in [-0.25, -0.2) is 0 Å². The molecule has 2 unspecified atom stereocenters. The largest absolute Gasteiger partial charge is 0.380 e. The number of ether oxygens (including phenoxy) is 1. The summed E-state index contributed by atoms with van der Waals surface area (Å²) in [5, 5.41) is 15.1. The van der Waals surface area contributed by atoms with E-state index in [0.717, 1.165) is 18.7 Å². The molecular formula is C9H19N5O. The van der Waals surface area contributed by atoms with Crippen LogP contribution in [0.1, 0.15) is 19.2 Å². The first-order valence-electron chi connectivity index (χ1n) is 5.14. The Balaban J connectivity index is 2.60. The minimum absolute atomic E-state index is 0.179. The van der Waals surface area contributed by atoms with E-state index in [2.05, 4.69) is 27.7 Å². The molecule has 15 heavy (non-hydrogen) atoms. The van der Waals surface area contributed by atoms with Crippen molar-refractivity contribution < 1.29 is 4.74 Å². The Morgan fingerprint density at radius 1 is 1.53 bits per heavy atom. The molecule has 0 aliphatic carbocycles. The molecule has 6 heteroatoms. The number of aromatic nitrogens is 4. The number of hydrogen-bond acceptors (Lipinski definition) is 5. The SMILES string of the molecule is CCC(OC)C(Cc1nnn(C)n1)NC. The summed E-state index contributed by atoms with van der Waals surface area (Å²) < 4.78 is 5.39. The Hall–Kier alpha value is -1.01. The highest BCUT2D eigenvalue weighted by atomic mass is 16.5. The second-order valence-electron chi connectivity index (χ2n) is 3.48. The van der Waals surface area contributed by atoms with Crippen LogP contribution in [0.4, 0.5) is 0 Å². The minimum Gasteiger partial charge on any atom is -0.380 e. The molecule has 2 atom stereocenters. The lowest BCUT2D eigenvalue weighted by atomic mass is 10.1. The molecule has 1 N–H and O–H groups in total. The predicted octanol–water partition coefficient (Wildman–Crippen LogP) is -0.234. The van der Waals surface area contributed by atoms with Crippen LogP contribution < -0.4 is 5.32 Å². The van der Waals surface area contributed by atoms with Crippen molar-refractivity contribution in [2.45, 2.75) is 31.9 Å². The maximum Gasteiger partial charge on any atom is 0.176 e. The first-order chi connectivity index (χ1) is 7.21. The van der Waals surface area contributed by atoms with Gasteiger partial charge in [0.15, 0.2) is 5.82 Å². The van der Waals surface area contributed by atoms with Gasteiger partial charge in [-0.15, -0.1) is 10.2 Å². The van der Waals surface area contributed by atoms with Gasteiger partial charge in [-0.05, 0) is 18.7 Å². The first-order valence-corrected chi connectivity index (χ1v) is 5.14. The quantitative estimate of drug-likeness (QED) is 0.707. The second kappa shape index (κ2) is 5.77. The zero-order chi connectivity index (χ0) is 11.3. The fourth-order valence-corrected chi connectivity index (χ4v) is 1.64. The molecule has 6 nitrogen and oxygen atoms in total. The van der Waals surface area contributed by atoms with Gasteiger partial charge < -0.3 is 10.1 Å². The third-order valence-corrected chi connectivity index (χ3v) is 2.48. The van der Waals surface area contributed by atoms with Gasteiger partial charge in [0.25, 0.3) is 0 Å². The van der Waals surface area contributed by atoms with E-state index in [-0.39, 0.29) is 12.1 Å². The van der Waals surface area contributed by atoms with Crippen molar-refractivity contribution in [1.29, 1.82) is 0 Å². The molecule has 0 saturated carbocycles. The van der Waals surface area contributed by atoms with Crippen LogP contribution >= 0.6 is 0 Å². The Labute approximate surface area is 90.0 Å². The molecule has 1 rings (SSSR count). The number of hydrogen-bond donors (Lipinski definition) is 1. The van der Waals surface area contributed by atoms with Crippen LogP contribution in [0, 0.1) is 0 Å². The highest BCUT2D eigenvalue weighted by Gasteiger charge is 2.20. The van der Waals surface area contributed by atoms with Crippen LogP contribution in [0.5, 0.6) is 0 Å². The van der Waals surface area contributed by atoms with E-state index in [1.807, 2.05) is 7.05 Å². The molecule has 1 aromatic rings. The number of tetrazole rings is 1. The summed E-state index contributed by atoms with van der Waals surface area (Å²) >= 11 is 0. The molecule has 0 radical (unpaired) electrons. The lowest BCUT2D eigenvalue weighted by molar-refractivity contribution is 0.0671. The summed E-state index contributed by atoms with van der Waals surface area (Å²) in [7, 11) is 5.41. The highest BCUT2D eigenvalue weighted by molar-refractivity contribution is 4.87. The second-order valence-corrected chi connectivity index (χ2v) is 3.48. The van der Waals surface area contributed by atoms with Crippen molar-refractivity contribution in [3.8, 4) is 0 Å². The molecule has 0 fully saturated rings. The van der Waals surface area contributed by atoms with Crippen molar-refractivity contribution in [2.75, 3.05) is 14.2 Å². The summed E-state index contributed by atoms with van der Waals surface area (Å²) in [6, 6.07) is 0.226. The molecule has 1 heterocycles. The van der Waals surface area contributed by atoms with Gasteiger partial charge in [0, 0.05) is 19.6 Å². The maximum atomic E-state index is 5.39. The molecular weight excluding hydrogens is 194 g/mol. The van der Waals surface area contributed by atoms with E-state index in [9.17, 15) is 0 Å². The van der Waals surface area contributed by atoms with Crippen molar-refractivity contribution >= 4 is 0 Å². The van der Waals surface area contributed by atoms with E-state index >= 15 is 0 Å². The molecule has 0 saturated heterocycles. The first kappa shape index (κ1) is 12.1. The summed E-state index contributed by atoms with van der Waals surface area (Å²) in [5.74, 6) is 0.743. The van der Waals surface area contributed by atoms with Crippen LogP contribution in [0.2, 0.25) is 0 Å². The normalized spacial score (nSPS) is 15.2. The molecule has 0 aliphatic heterocycles. The monoisotopic (exact) mass is 213 g/mol. The van der Waals surface area contributed by atoms with Crippen molar-refractivity contribution in [1.82, 2.24) is 25.5 Å². The number of nitrogens with zero attached hydrogens (tertiary/aromatic N) is 4. The zero-order valence-corrected chi connectivity index (χ0v) is 9.77. The summed E-state index contributed by atoms with van der Waals surface area (Å²) in [4.78, 5) is 1.47. The van der Waals surface area contributed by atoms with Crippen LogP contribution in [0.3, 0.4) is 0 Å². The van der Waals surface area contributed by atoms with Crippen molar-refractivity contribution in [3.05, 3.63) is 5.82 Å². The van der Waals surface area contributed by atoms with Crippen LogP contribution in [-0.2, 0) is 18.2 Å². The third-order valence-electron chi connectivity index (χ3n) is 2.48. The molecule has 86 valence electrons. The number of methoxy groups -OCH3 is 1. The average molecular weight is 213 g/mol. The van der Waals surface area contributed by atoms with Gasteiger partial charge in [0.05, 0.1) is 13.2 Å². The fourth-order valence-electron chi connectivity index (χ4n) is 1.64. The lowest BCUT2D eigenvalue weighted by Crippen LogP contribution is -2.40. The van der Waals surface area contributed by atoms with Gasteiger partial charge in [0.2, 0.25) is 0 Å². The lowest BCUT2D eigenvalue weighted by Gasteiger charge is -2.23. The fraction of sp³-hybridized carbons (Fsp3) is 0.889. The van der Waals surface area contributed by atoms with Gasteiger partial charge in [-0.2, -0.15) is 4.80 Å². The molecule has 0 spiro atoms. The van der Waals surface area contributed by atoms with E-state index in [0.29, 0.717) is 0 Å². The van der Waals surface area contributed by atoms with Crippen LogP contribution in [0.25, 0.3) is 0 Å². The van der Waals surface area contributed by atoms with Gasteiger partial charge >= 0.3 is 0 Å². The molecule has 0 bridgehead atoms. The Bertz CT molecular complexity index is 284. The van der Waals surface area contributed by atoms with Gasteiger partial charge in [0.1, 0.15) is 0 Å². The van der Waals surface area contributed by atoms with E-state index in [1.54, 1.807) is 14.2 Å². The Morgan fingerprint density at radius 3 is 2.67 bits per heavy atom. The number of nitrogens with one attached hydrogen (secondary N) is 1. The van der Waals surface area contributed by atoms with E-state index in [4.69, 9.17) is 4.74 Å². The van der Waals surface area contributed by atoms with Gasteiger partial charge in [-0.1, -0.05) is 6.92 Å². The maximum absolute atomic E-state index is 5.39. The highest BCUT2D eigenvalue weighted by Crippen LogP contribution is 2.07. The summed E-state index contributed by atoms with van der Waals surface area (Å²) in [5.41, 5.74) is 0. The molecule has 0 amide bonds. The smallest absolute Gasteiger partial charge is 0.176 e. The van der Waals surface area contributed by atoms with Crippen LogP contribution in [0.15, 0.2) is 0 Å². The molecule has 0 aliphatic rings. The number of aryl methyl sites for hydroxylation is 1. The number of rotatable bonds is 6. The predicted molar refractivity (Wildman–Crippen MR) is 56.4 cm³/mol. The van der Waals surface area contributed by atoms with Crippen LogP contribution in [-0.4, -0.2) is 46.5 Å². The summed E-state index contributed by atoms with van der Waals surface area (Å²) in [6.45, 7) is 2.10. The van der Waals surface area contributed by atoms with Crippen molar-refractivity contribution in [2.24, 2.45) is 7.05 Å².